The third-order valence-corrected chi connectivity index (χ3v) is 3.95. The molecule has 0 fully saturated rings. The lowest BCUT2D eigenvalue weighted by molar-refractivity contribution is -0.169. The summed E-state index contributed by atoms with van der Waals surface area (Å²) in [6.07, 6.45) is 4.17. The predicted octanol–water partition coefficient (Wildman–Crippen LogP) is 3.35. The number of nitrogens with zero attached hydrogens (tertiary/aromatic N) is 1. The van der Waals surface area contributed by atoms with Gasteiger partial charge < -0.3 is 4.84 Å². The maximum absolute atomic E-state index is 12.1. The fourth-order valence-corrected chi connectivity index (χ4v) is 2.57. The van der Waals surface area contributed by atoms with Crippen molar-refractivity contribution >= 4 is 17.8 Å². The molecule has 0 aliphatic carbocycles. The maximum Gasteiger partial charge on any atom is 0.333 e. The first-order valence-corrected chi connectivity index (χ1v) is 7.77. The fraction of sp³-hybridized carbons (Fsp3) is 0.471. The average molecular weight is 303 g/mol. The third kappa shape index (κ3) is 3.35. The molecule has 0 aromatic heterocycles. The molecule has 118 valence electrons. The molecule has 1 aromatic rings. The summed E-state index contributed by atoms with van der Waals surface area (Å²) in [6, 6.07) is 6.46. The third-order valence-electron chi connectivity index (χ3n) is 3.95. The summed E-state index contributed by atoms with van der Waals surface area (Å²) in [5.74, 6) is -1.45. The summed E-state index contributed by atoms with van der Waals surface area (Å²) in [6.45, 7) is 4.12. The molecule has 0 N–H and O–H groups in total. The number of hydroxylamine groups is 2. The molecule has 1 unspecified atom stereocenters. The first-order chi connectivity index (χ1) is 10.6. The zero-order valence-electron chi connectivity index (χ0n) is 13.0. The lowest BCUT2D eigenvalue weighted by Gasteiger charge is -2.16. The second-order valence-corrected chi connectivity index (χ2v) is 5.53. The highest BCUT2D eigenvalue weighted by molar-refractivity contribution is 6.20. The number of rotatable bonds is 7. The van der Waals surface area contributed by atoms with E-state index >= 15 is 0 Å². The van der Waals surface area contributed by atoms with Gasteiger partial charge in [-0.1, -0.05) is 50.3 Å². The van der Waals surface area contributed by atoms with Gasteiger partial charge in [-0.05, 0) is 24.5 Å². The van der Waals surface area contributed by atoms with Gasteiger partial charge in [0.1, 0.15) is 0 Å². The van der Waals surface area contributed by atoms with Crippen LogP contribution in [0.3, 0.4) is 0 Å². The quantitative estimate of drug-likeness (QED) is 0.725. The highest BCUT2D eigenvalue weighted by atomic mass is 16.7. The number of carbonyl (C=O) groups excluding carboxylic acids is 3. The van der Waals surface area contributed by atoms with E-state index in [0.717, 1.165) is 25.7 Å². The van der Waals surface area contributed by atoms with Gasteiger partial charge in [-0.2, -0.15) is 0 Å². The molecule has 0 spiro atoms. The normalized spacial score (nSPS) is 14.9. The van der Waals surface area contributed by atoms with Crippen LogP contribution in [0.15, 0.2) is 24.3 Å². The maximum atomic E-state index is 12.1. The molecular weight excluding hydrogens is 282 g/mol. The Morgan fingerprint density at radius 2 is 1.73 bits per heavy atom. The van der Waals surface area contributed by atoms with E-state index in [1.807, 2.05) is 6.92 Å². The van der Waals surface area contributed by atoms with Crippen molar-refractivity contribution in [3.05, 3.63) is 35.4 Å². The summed E-state index contributed by atoms with van der Waals surface area (Å²) in [5.41, 5.74) is 0.552. The van der Waals surface area contributed by atoms with Crippen molar-refractivity contribution in [2.45, 2.75) is 46.0 Å². The lowest BCUT2D eigenvalue weighted by atomic mass is 9.96. The standard InChI is InChI=1S/C17H21NO4/c1-3-5-8-12(4-2)11-15(19)22-18-16(20)13-9-6-7-10-14(13)17(18)21/h6-7,9-10,12H,3-5,8,11H2,1-2H3. The predicted molar refractivity (Wildman–Crippen MR) is 81.0 cm³/mol. The van der Waals surface area contributed by atoms with Crippen LogP contribution >= 0.6 is 0 Å². The molecule has 1 aromatic carbocycles. The molecule has 1 atom stereocenters. The minimum Gasteiger partial charge on any atom is -0.330 e. The average Bonchev–Trinajstić information content (AvgIpc) is 2.77. The van der Waals surface area contributed by atoms with E-state index in [2.05, 4.69) is 6.92 Å². The molecule has 5 heteroatoms. The molecule has 0 radical (unpaired) electrons. The second-order valence-electron chi connectivity index (χ2n) is 5.53. The van der Waals surface area contributed by atoms with E-state index in [1.165, 1.54) is 0 Å². The van der Waals surface area contributed by atoms with E-state index < -0.39 is 17.8 Å². The number of hydrogen-bond donors (Lipinski definition) is 0. The van der Waals surface area contributed by atoms with Crippen molar-refractivity contribution in [3.8, 4) is 0 Å². The Bertz CT molecular complexity index is 547. The van der Waals surface area contributed by atoms with Gasteiger partial charge in [0, 0.05) is 0 Å². The van der Waals surface area contributed by atoms with Gasteiger partial charge in [-0.25, -0.2) is 4.79 Å². The van der Waals surface area contributed by atoms with Crippen LogP contribution in [0.1, 0.15) is 66.7 Å². The van der Waals surface area contributed by atoms with Crippen molar-refractivity contribution in [2.75, 3.05) is 0 Å². The Balaban J connectivity index is 1.98. The summed E-state index contributed by atoms with van der Waals surface area (Å²) in [4.78, 5) is 41.2. The number of fused-ring (bicyclic) bond motifs is 1. The van der Waals surface area contributed by atoms with Crippen LogP contribution in [-0.4, -0.2) is 22.8 Å². The second kappa shape index (κ2) is 7.20. The Hall–Kier alpha value is -2.17. The Kier molecular flexibility index (Phi) is 5.31. The van der Waals surface area contributed by atoms with Gasteiger partial charge in [0.15, 0.2) is 0 Å². The largest absolute Gasteiger partial charge is 0.333 e. The molecule has 1 aliphatic heterocycles. The van der Waals surface area contributed by atoms with E-state index in [4.69, 9.17) is 4.84 Å². The number of carbonyl (C=O) groups is 3. The minimum atomic E-state index is -0.574. The van der Waals surface area contributed by atoms with E-state index in [1.54, 1.807) is 24.3 Å². The summed E-state index contributed by atoms with van der Waals surface area (Å²) < 4.78 is 0. The minimum absolute atomic E-state index is 0.225. The Morgan fingerprint density at radius 1 is 1.14 bits per heavy atom. The highest BCUT2D eigenvalue weighted by Crippen LogP contribution is 2.24. The van der Waals surface area contributed by atoms with Crippen LogP contribution in [-0.2, 0) is 9.63 Å². The zero-order chi connectivity index (χ0) is 16.1. The fourth-order valence-electron chi connectivity index (χ4n) is 2.57. The van der Waals surface area contributed by atoms with Gasteiger partial charge in [0.25, 0.3) is 11.8 Å². The molecule has 22 heavy (non-hydrogen) atoms. The van der Waals surface area contributed by atoms with Crippen LogP contribution in [0.4, 0.5) is 0 Å². The summed E-state index contributed by atoms with van der Waals surface area (Å²) in [7, 11) is 0. The lowest BCUT2D eigenvalue weighted by Crippen LogP contribution is -2.33. The van der Waals surface area contributed by atoms with E-state index in [0.29, 0.717) is 5.06 Å². The van der Waals surface area contributed by atoms with Crippen LogP contribution in [0.2, 0.25) is 0 Å². The Morgan fingerprint density at radius 3 is 2.23 bits per heavy atom. The zero-order valence-corrected chi connectivity index (χ0v) is 13.0. The van der Waals surface area contributed by atoms with Crippen LogP contribution in [0.5, 0.6) is 0 Å². The molecule has 0 bridgehead atoms. The van der Waals surface area contributed by atoms with Crippen molar-refractivity contribution in [1.29, 1.82) is 0 Å². The van der Waals surface area contributed by atoms with Gasteiger partial charge >= 0.3 is 5.97 Å². The van der Waals surface area contributed by atoms with Gasteiger partial charge in [0.2, 0.25) is 0 Å². The number of imide groups is 1. The number of benzene rings is 1. The van der Waals surface area contributed by atoms with Crippen LogP contribution in [0.25, 0.3) is 0 Å². The topological polar surface area (TPSA) is 63.7 Å². The molecule has 0 saturated heterocycles. The van der Waals surface area contributed by atoms with Crippen molar-refractivity contribution < 1.29 is 19.2 Å². The van der Waals surface area contributed by atoms with Crippen LogP contribution in [0, 0.1) is 5.92 Å². The molecule has 2 rings (SSSR count). The number of amides is 2. The first kappa shape index (κ1) is 16.2. The number of unbranched alkanes of at least 4 members (excludes halogenated alkanes) is 1. The highest BCUT2D eigenvalue weighted by Gasteiger charge is 2.38. The first-order valence-electron chi connectivity index (χ1n) is 7.77. The van der Waals surface area contributed by atoms with Crippen molar-refractivity contribution in [2.24, 2.45) is 5.92 Å². The monoisotopic (exact) mass is 303 g/mol. The number of hydrogen-bond acceptors (Lipinski definition) is 4. The molecule has 5 nitrogen and oxygen atoms in total. The Labute approximate surface area is 130 Å². The summed E-state index contributed by atoms with van der Waals surface area (Å²) in [5, 5.41) is 0.583. The van der Waals surface area contributed by atoms with Gasteiger partial charge in [0.05, 0.1) is 17.5 Å². The molecule has 0 saturated carbocycles. The van der Waals surface area contributed by atoms with E-state index in [-0.39, 0.29) is 23.5 Å². The van der Waals surface area contributed by atoms with Gasteiger partial charge in [-0.15, -0.1) is 0 Å². The van der Waals surface area contributed by atoms with Crippen LogP contribution < -0.4 is 0 Å². The van der Waals surface area contributed by atoms with Crippen molar-refractivity contribution in [1.82, 2.24) is 5.06 Å². The SMILES string of the molecule is CCCCC(CC)CC(=O)ON1C(=O)c2ccccc2C1=O. The summed E-state index contributed by atoms with van der Waals surface area (Å²) >= 11 is 0. The molecule has 1 aliphatic rings. The molecule has 1 heterocycles. The van der Waals surface area contributed by atoms with Crippen molar-refractivity contribution in [3.63, 3.8) is 0 Å². The molecular formula is C17H21NO4. The van der Waals surface area contributed by atoms with E-state index in [9.17, 15) is 14.4 Å². The smallest absolute Gasteiger partial charge is 0.330 e. The molecule has 2 amide bonds. The van der Waals surface area contributed by atoms with Gasteiger partial charge in [-0.3, -0.25) is 9.59 Å².